The van der Waals surface area contributed by atoms with E-state index in [0.717, 1.165) is 12.8 Å². The number of rotatable bonds is 7. The molecule has 3 rings (SSSR count). The molecule has 0 bridgehead atoms. The van der Waals surface area contributed by atoms with Gasteiger partial charge in [0, 0.05) is 11.7 Å². The van der Waals surface area contributed by atoms with Crippen LogP contribution in [-0.2, 0) is 9.53 Å². The fourth-order valence-corrected chi connectivity index (χ4v) is 2.51. The van der Waals surface area contributed by atoms with Crippen molar-refractivity contribution in [2.24, 2.45) is 5.92 Å². The standard InChI is InChI=1S/C19H20N2O5/c1-12(13-4-5-13)20-17(22)11-26-19(24)14-6-8-15(9-7-14)21-18(23)16-3-2-10-25-16/h2-3,6-10,12-13H,4-5,11H2,1H3,(H,20,22)(H,21,23)/t12-/m1/s1. The highest BCUT2D eigenvalue weighted by atomic mass is 16.5. The molecule has 2 amide bonds. The van der Waals surface area contributed by atoms with E-state index in [0.29, 0.717) is 17.2 Å². The number of carbonyl (C=O) groups excluding carboxylic acids is 3. The molecule has 1 aliphatic rings. The highest BCUT2D eigenvalue weighted by molar-refractivity contribution is 6.02. The van der Waals surface area contributed by atoms with Crippen LogP contribution in [0.3, 0.4) is 0 Å². The van der Waals surface area contributed by atoms with Gasteiger partial charge in [0.25, 0.3) is 11.8 Å². The van der Waals surface area contributed by atoms with E-state index in [2.05, 4.69) is 10.6 Å². The van der Waals surface area contributed by atoms with Crippen LogP contribution >= 0.6 is 0 Å². The van der Waals surface area contributed by atoms with Gasteiger partial charge in [0.05, 0.1) is 11.8 Å². The van der Waals surface area contributed by atoms with E-state index < -0.39 is 5.97 Å². The Labute approximate surface area is 150 Å². The number of hydrogen-bond acceptors (Lipinski definition) is 5. The van der Waals surface area contributed by atoms with Gasteiger partial charge in [0.15, 0.2) is 12.4 Å². The van der Waals surface area contributed by atoms with Gasteiger partial charge in [-0.1, -0.05) is 0 Å². The summed E-state index contributed by atoms with van der Waals surface area (Å²) in [5, 5.41) is 5.47. The average molecular weight is 356 g/mol. The molecule has 7 nitrogen and oxygen atoms in total. The summed E-state index contributed by atoms with van der Waals surface area (Å²) in [4.78, 5) is 35.6. The molecule has 26 heavy (non-hydrogen) atoms. The normalized spacial score (nSPS) is 14.3. The minimum absolute atomic E-state index is 0.109. The van der Waals surface area contributed by atoms with Crippen LogP contribution in [-0.4, -0.2) is 30.4 Å². The predicted octanol–water partition coefficient (Wildman–Crippen LogP) is 2.60. The summed E-state index contributed by atoms with van der Waals surface area (Å²) >= 11 is 0. The number of amides is 2. The Morgan fingerprint density at radius 1 is 1.19 bits per heavy atom. The van der Waals surface area contributed by atoms with E-state index in [9.17, 15) is 14.4 Å². The maximum atomic E-state index is 12.0. The Bertz CT molecular complexity index is 779. The van der Waals surface area contributed by atoms with E-state index in [1.807, 2.05) is 6.92 Å². The van der Waals surface area contributed by atoms with E-state index in [1.165, 1.54) is 18.4 Å². The lowest BCUT2D eigenvalue weighted by Gasteiger charge is -2.12. The van der Waals surface area contributed by atoms with Gasteiger partial charge >= 0.3 is 5.97 Å². The molecule has 2 N–H and O–H groups in total. The molecule has 1 fully saturated rings. The quantitative estimate of drug-likeness (QED) is 0.743. The van der Waals surface area contributed by atoms with Crippen molar-refractivity contribution in [1.82, 2.24) is 5.32 Å². The number of anilines is 1. The number of furan rings is 1. The highest BCUT2D eigenvalue weighted by Gasteiger charge is 2.29. The second kappa shape index (κ2) is 7.86. The molecule has 7 heteroatoms. The molecule has 2 aromatic rings. The van der Waals surface area contributed by atoms with Crippen molar-refractivity contribution < 1.29 is 23.5 Å². The Balaban J connectivity index is 1.47. The molecule has 1 saturated carbocycles. The summed E-state index contributed by atoms with van der Waals surface area (Å²) in [6, 6.07) is 9.47. The highest BCUT2D eigenvalue weighted by Crippen LogP contribution is 2.32. The maximum absolute atomic E-state index is 12.0. The first-order chi connectivity index (χ1) is 12.5. The number of hydrogen-bond donors (Lipinski definition) is 2. The van der Waals surface area contributed by atoms with Gasteiger partial charge in [-0.2, -0.15) is 0 Å². The predicted molar refractivity (Wildman–Crippen MR) is 93.7 cm³/mol. The largest absolute Gasteiger partial charge is 0.459 e. The molecule has 1 heterocycles. The fourth-order valence-electron chi connectivity index (χ4n) is 2.51. The van der Waals surface area contributed by atoms with Crippen molar-refractivity contribution >= 4 is 23.5 Å². The molecule has 136 valence electrons. The number of ether oxygens (including phenoxy) is 1. The minimum Gasteiger partial charge on any atom is -0.459 e. The second-order valence-electron chi connectivity index (χ2n) is 6.28. The number of esters is 1. The Hall–Kier alpha value is -3.09. The van der Waals surface area contributed by atoms with E-state index >= 15 is 0 Å². The number of benzene rings is 1. The molecule has 1 atom stereocenters. The molecule has 1 aromatic heterocycles. The van der Waals surface area contributed by atoms with Gasteiger partial charge < -0.3 is 19.8 Å². The lowest BCUT2D eigenvalue weighted by Crippen LogP contribution is -2.37. The zero-order valence-electron chi connectivity index (χ0n) is 14.4. The fraction of sp³-hybridized carbons (Fsp3) is 0.316. The molecule has 0 unspecified atom stereocenters. The van der Waals surface area contributed by atoms with Gasteiger partial charge in [-0.25, -0.2) is 4.79 Å². The molecular formula is C19H20N2O5. The summed E-state index contributed by atoms with van der Waals surface area (Å²) in [6.07, 6.45) is 3.67. The van der Waals surface area contributed by atoms with Gasteiger partial charge in [0.2, 0.25) is 0 Å². The van der Waals surface area contributed by atoms with Gasteiger partial charge in [-0.15, -0.1) is 0 Å². The smallest absolute Gasteiger partial charge is 0.338 e. The Morgan fingerprint density at radius 3 is 2.54 bits per heavy atom. The Kier molecular flexibility index (Phi) is 5.36. The third-order valence-corrected chi connectivity index (χ3v) is 4.18. The number of carbonyl (C=O) groups is 3. The number of nitrogens with one attached hydrogen (secondary N) is 2. The van der Waals surface area contributed by atoms with E-state index in [1.54, 1.807) is 24.3 Å². The molecule has 1 aromatic carbocycles. The lowest BCUT2D eigenvalue weighted by molar-refractivity contribution is -0.124. The second-order valence-corrected chi connectivity index (χ2v) is 6.28. The summed E-state index contributed by atoms with van der Waals surface area (Å²) < 4.78 is 10.0. The lowest BCUT2D eigenvalue weighted by atomic mass is 10.2. The van der Waals surface area contributed by atoms with E-state index in [4.69, 9.17) is 9.15 Å². The van der Waals surface area contributed by atoms with Crippen LogP contribution in [0.15, 0.2) is 47.1 Å². The van der Waals surface area contributed by atoms with Gasteiger partial charge in [-0.3, -0.25) is 9.59 Å². The van der Waals surface area contributed by atoms with E-state index in [-0.39, 0.29) is 30.2 Å². The third-order valence-electron chi connectivity index (χ3n) is 4.18. The average Bonchev–Trinajstić information content (AvgIpc) is 3.34. The van der Waals surface area contributed by atoms with Crippen LogP contribution in [0.2, 0.25) is 0 Å². The molecular weight excluding hydrogens is 336 g/mol. The van der Waals surface area contributed by atoms with Gasteiger partial charge in [-0.05, 0) is 62.1 Å². The third kappa shape index (κ3) is 4.72. The van der Waals surface area contributed by atoms with Crippen LogP contribution in [0.25, 0.3) is 0 Å². The van der Waals surface area contributed by atoms with Crippen LogP contribution < -0.4 is 10.6 Å². The Morgan fingerprint density at radius 2 is 1.92 bits per heavy atom. The summed E-state index contributed by atoms with van der Waals surface area (Å²) in [7, 11) is 0. The molecule has 0 radical (unpaired) electrons. The molecule has 0 spiro atoms. The van der Waals surface area contributed by atoms with Crippen LogP contribution in [0.4, 0.5) is 5.69 Å². The van der Waals surface area contributed by atoms with Gasteiger partial charge in [0.1, 0.15) is 0 Å². The zero-order chi connectivity index (χ0) is 18.5. The SMILES string of the molecule is C[C@@H](NC(=O)COC(=O)c1ccc(NC(=O)c2ccco2)cc1)C1CC1. The monoisotopic (exact) mass is 356 g/mol. The van der Waals surface area contributed by atoms with Crippen LogP contribution in [0, 0.1) is 5.92 Å². The van der Waals surface area contributed by atoms with Crippen molar-refractivity contribution in [1.29, 1.82) is 0 Å². The topological polar surface area (TPSA) is 97.6 Å². The summed E-state index contributed by atoms with van der Waals surface area (Å²) in [6.45, 7) is 1.64. The van der Waals surface area contributed by atoms with Crippen molar-refractivity contribution in [3.8, 4) is 0 Å². The summed E-state index contributed by atoms with van der Waals surface area (Å²) in [5.41, 5.74) is 0.808. The van der Waals surface area contributed by atoms with Crippen molar-refractivity contribution in [3.63, 3.8) is 0 Å². The summed E-state index contributed by atoms with van der Waals surface area (Å²) in [5.74, 6) is -0.548. The molecule has 0 saturated heterocycles. The maximum Gasteiger partial charge on any atom is 0.338 e. The van der Waals surface area contributed by atoms with Crippen LogP contribution in [0.1, 0.15) is 40.7 Å². The van der Waals surface area contributed by atoms with Crippen LogP contribution in [0.5, 0.6) is 0 Å². The first kappa shape index (κ1) is 17.7. The molecule has 1 aliphatic carbocycles. The van der Waals surface area contributed by atoms with Crippen molar-refractivity contribution in [3.05, 3.63) is 54.0 Å². The zero-order valence-corrected chi connectivity index (χ0v) is 14.4. The first-order valence-corrected chi connectivity index (χ1v) is 8.44. The van der Waals surface area contributed by atoms with Crippen molar-refractivity contribution in [2.75, 3.05) is 11.9 Å². The first-order valence-electron chi connectivity index (χ1n) is 8.44. The minimum atomic E-state index is -0.594. The van der Waals surface area contributed by atoms with Crippen molar-refractivity contribution in [2.45, 2.75) is 25.8 Å². The molecule has 0 aliphatic heterocycles.